The van der Waals surface area contributed by atoms with Crippen molar-refractivity contribution in [3.05, 3.63) is 35.9 Å². The average molecular weight is 234 g/mol. The second kappa shape index (κ2) is 6.74. The number of nitrogens with zero attached hydrogens (tertiary/aromatic N) is 1. The van der Waals surface area contributed by atoms with Crippen molar-refractivity contribution in [3.8, 4) is 0 Å². The summed E-state index contributed by atoms with van der Waals surface area (Å²) < 4.78 is 0. The van der Waals surface area contributed by atoms with Crippen LogP contribution < -0.4 is 5.32 Å². The van der Waals surface area contributed by atoms with Crippen LogP contribution in [-0.4, -0.2) is 42.3 Å². The van der Waals surface area contributed by atoms with Gasteiger partial charge in [-0.25, -0.2) is 0 Å². The second-order valence-electron chi connectivity index (χ2n) is 4.74. The van der Waals surface area contributed by atoms with Gasteiger partial charge in [0.25, 0.3) is 0 Å². The van der Waals surface area contributed by atoms with Gasteiger partial charge in [-0.1, -0.05) is 30.3 Å². The fourth-order valence-electron chi connectivity index (χ4n) is 2.41. The van der Waals surface area contributed by atoms with Gasteiger partial charge in [-0.3, -0.25) is 4.90 Å². The smallest absolute Gasteiger partial charge is 0.0446 e. The minimum atomic E-state index is 0.275. The van der Waals surface area contributed by atoms with Crippen LogP contribution in [0.2, 0.25) is 0 Å². The quantitative estimate of drug-likeness (QED) is 0.822. The van der Waals surface area contributed by atoms with Crippen molar-refractivity contribution in [1.82, 2.24) is 10.2 Å². The summed E-state index contributed by atoms with van der Waals surface area (Å²) in [4.78, 5) is 2.48. The van der Waals surface area contributed by atoms with Crippen LogP contribution in [0.4, 0.5) is 0 Å². The Morgan fingerprint density at radius 1 is 1.29 bits per heavy atom. The fraction of sp³-hybridized carbons (Fsp3) is 0.571. The third kappa shape index (κ3) is 4.11. The molecule has 1 aliphatic heterocycles. The first-order chi connectivity index (χ1) is 8.38. The maximum Gasteiger partial charge on any atom is 0.0446 e. The van der Waals surface area contributed by atoms with Crippen molar-refractivity contribution in [3.63, 3.8) is 0 Å². The molecule has 0 spiro atoms. The summed E-state index contributed by atoms with van der Waals surface area (Å²) in [5.74, 6) is 0. The van der Waals surface area contributed by atoms with Crippen molar-refractivity contribution < 1.29 is 5.11 Å². The lowest BCUT2D eigenvalue weighted by atomic mass is 10.1. The Balaban J connectivity index is 1.90. The van der Waals surface area contributed by atoms with Crippen LogP contribution in [-0.2, 0) is 6.54 Å². The summed E-state index contributed by atoms with van der Waals surface area (Å²) in [6, 6.07) is 11.0. The lowest BCUT2D eigenvalue weighted by Gasteiger charge is -2.24. The van der Waals surface area contributed by atoms with Crippen molar-refractivity contribution in [1.29, 1.82) is 0 Å². The van der Waals surface area contributed by atoms with E-state index in [4.69, 9.17) is 5.11 Å². The summed E-state index contributed by atoms with van der Waals surface area (Å²) in [6.45, 7) is 4.54. The summed E-state index contributed by atoms with van der Waals surface area (Å²) in [6.07, 6.45) is 2.04. The van der Waals surface area contributed by atoms with Gasteiger partial charge in [-0.05, 0) is 31.5 Å². The lowest BCUT2D eigenvalue weighted by Crippen LogP contribution is -2.38. The van der Waals surface area contributed by atoms with Gasteiger partial charge in [0.05, 0.1) is 0 Å². The molecule has 0 radical (unpaired) electrons. The second-order valence-corrected chi connectivity index (χ2v) is 4.74. The van der Waals surface area contributed by atoms with Crippen molar-refractivity contribution in [2.45, 2.75) is 25.4 Å². The van der Waals surface area contributed by atoms with Crippen molar-refractivity contribution in [2.24, 2.45) is 0 Å². The number of aliphatic hydroxyl groups is 1. The molecule has 1 fully saturated rings. The largest absolute Gasteiger partial charge is 0.396 e. The molecule has 3 nitrogen and oxygen atoms in total. The first-order valence-corrected chi connectivity index (χ1v) is 6.49. The molecular weight excluding hydrogens is 212 g/mol. The highest BCUT2D eigenvalue weighted by atomic mass is 16.3. The molecule has 1 saturated heterocycles. The molecule has 0 aromatic heterocycles. The minimum absolute atomic E-state index is 0.275. The van der Waals surface area contributed by atoms with Crippen LogP contribution in [0.25, 0.3) is 0 Å². The molecule has 0 bridgehead atoms. The number of hydrogen-bond donors (Lipinski definition) is 2. The van der Waals surface area contributed by atoms with Gasteiger partial charge in [0.1, 0.15) is 0 Å². The fourth-order valence-corrected chi connectivity index (χ4v) is 2.41. The van der Waals surface area contributed by atoms with Crippen LogP contribution in [0.5, 0.6) is 0 Å². The molecule has 1 aromatic rings. The molecule has 94 valence electrons. The summed E-state index contributed by atoms with van der Waals surface area (Å²) in [7, 11) is 0. The zero-order valence-electron chi connectivity index (χ0n) is 10.3. The van der Waals surface area contributed by atoms with Gasteiger partial charge in [0, 0.05) is 25.7 Å². The Kier molecular flexibility index (Phi) is 4.98. The highest BCUT2D eigenvalue weighted by Gasteiger charge is 2.16. The first kappa shape index (κ1) is 12.6. The number of benzene rings is 1. The maximum atomic E-state index is 9.03. The van der Waals surface area contributed by atoms with Gasteiger partial charge in [0.15, 0.2) is 0 Å². The van der Waals surface area contributed by atoms with Crippen molar-refractivity contribution in [2.75, 3.05) is 26.2 Å². The third-order valence-corrected chi connectivity index (χ3v) is 3.29. The molecule has 1 heterocycles. The Labute approximate surface area is 103 Å². The summed E-state index contributed by atoms with van der Waals surface area (Å²) >= 11 is 0. The van der Waals surface area contributed by atoms with E-state index in [0.29, 0.717) is 6.04 Å². The molecule has 2 rings (SSSR count). The predicted molar refractivity (Wildman–Crippen MR) is 69.8 cm³/mol. The SMILES string of the molecule is OCC[C@@H]1CN(Cc2ccccc2)CCCN1. The molecule has 3 heteroatoms. The third-order valence-electron chi connectivity index (χ3n) is 3.29. The monoisotopic (exact) mass is 234 g/mol. The van der Waals surface area contributed by atoms with E-state index in [0.717, 1.165) is 32.6 Å². The lowest BCUT2D eigenvalue weighted by molar-refractivity contribution is 0.223. The van der Waals surface area contributed by atoms with E-state index < -0.39 is 0 Å². The molecule has 0 amide bonds. The van der Waals surface area contributed by atoms with Crippen LogP contribution in [0.1, 0.15) is 18.4 Å². The van der Waals surface area contributed by atoms with Crippen LogP contribution in [0.3, 0.4) is 0 Å². The standard InChI is InChI=1S/C14H22N2O/c17-10-7-14-12-16(9-4-8-15-14)11-13-5-2-1-3-6-13/h1-3,5-6,14-15,17H,4,7-12H2/t14-/m1/s1. The molecule has 0 saturated carbocycles. The van der Waals surface area contributed by atoms with Crippen LogP contribution in [0.15, 0.2) is 30.3 Å². The van der Waals surface area contributed by atoms with E-state index in [1.807, 2.05) is 0 Å². The van der Waals surface area contributed by atoms with Gasteiger partial charge < -0.3 is 10.4 Å². The van der Waals surface area contributed by atoms with E-state index in [1.54, 1.807) is 0 Å². The van der Waals surface area contributed by atoms with E-state index in [2.05, 4.69) is 40.5 Å². The number of nitrogens with one attached hydrogen (secondary N) is 1. The van der Waals surface area contributed by atoms with Gasteiger partial charge in [0.2, 0.25) is 0 Å². The maximum absolute atomic E-state index is 9.03. The van der Waals surface area contributed by atoms with Crippen LogP contribution in [0, 0.1) is 0 Å². The van der Waals surface area contributed by atoms with Crippen molar-refractivity contribution >= 4 is 0 Å². The van der Waals surface area contributed by atoms with Gasteiger partial charge >= 0.3 is 0 Å². The molecule has 1 atom stereocenters. The Morgan fingerprint density at radius 3 is 2.88 bits per heavy atom. The van der Waals surface area contributed by atoms with E-state index >= 15 is 0 Å². The molecule has 1 aromatic carbocycles. The topological polar surface area (TPSA) is 35.5 Å². The summed E-state index contributed by atoms with van der Waals surface area (Å²) in [5.41, 5.74) is 1.37. The zero-order valence-corrected chi connectivity index (χ0v) is 10.3. The molecule has 2 N–H and O–H groups in total. The highest BCUT2D eigenvalue weighted by Crippen LogP contribution is 2.09. The minimum Gasteiger partial charge on any atom is -0.396 e. The normalized spacial score (nSPS) is 22.3. The Hall–Kier alpha value is -0.900. The van der Waals surface area contributed by atoms with Gasteiger partial charge in [-0.15, -0.1) is 0 Å². The van der Waals surface area contributed by atoms with Crippen LogP contribution >= 0.6 is 0 Å². The molecule has 17 heavy (non-hydrogen) atoms. The number of rotatable bonds is 4. The Bertz CT molecular complexity index is 315. The zero-order chi connectivity index (χ0) is 11.9. The molecule has 0 unspecified atom stereocenters. The first-order valence-electron chi connectivity index (χ1n) is 6.49. The Morgan fingerprint density at radius 2 is 2.12 bits per heavy atom. The predicted octanol–water partition coefficient (Wildman–Crippen LogP) is 1.23. The van der Waals surface area contributed by atoms with E-state index in [9.17, 15) is 0 Å². The molecule has 0 aliphatic carbocycles. The average Bonchev–Trinajstić information content (AvgIpc) is 2.56. The number of aliphatic hydroxyl groups excluding tert-OH is 1. The highest BCUT2D eigenvalue weighted by molar-refractivity contribution is 5.14. The molecule has 1 aliphatic rings. The van der Waals surface area contributed by atoms with Gasteiger partial charge in [-0.2, -0.15) is 0 Å². The summed E-state index contributed by atoms with van der Waals surface area (Å²) in [5, 5.41) is 12.5. The van der Waals surface area contributed by atoms with E-state index in [-0.39, 0.29) is 6.61 Å². The van der Waals surface area contributed by atoms with E-state index in [1.165, 1.54) is 12.0 Å². The number of hydrogen-bond acceptors (Lipinski definition) is 3. The molecular formula is C14H22N2O.